The second-order valence-electron chi connectivity index (χ2n) is 5.10. The molecule has 0 amide bonds. The lowest BCUT2D eigenvalue weighted by Gasteiger charge is -2.12. The molecule has 0 fully saturated rings. The van der Waals surface area contributed by atoms with Crippen molar-refractivity contribution in [3.8, 4) is 5.75 Å². The predicted octanol–water partition coefficient (Wildman–Crippen LogP) is 4.54. The van der Waals surface area contributed by atoms with Crippen LogP contribution in [0.1, 0.15) is 45.6 Å². The zero-order valence-corrected chi connectivity index (χ0v) is 11.6. The number of hydrogen-bond acceptors (Lipinski definition) is 2. The number of nitrogens with zero attached hydrogens (tertiary/aromatic N) is 1. The number of rotatable bonds is 4. The standard InChI is InChI=1S/C16H21NO/c1-5-12(4)14-8-13-9-15(18-11(2)3)6-7-16(13)17-10-14/h6-12H,5H2,1-4H3. The van der Waals surface area contributed by atoms with E-state index >= 15 is 0 Å². The summed E-state index contributed by atoms with van der Waals surface area (Å²) < 4.78 is 5.72. The monoisotopic (exact) mass is 243 g/mol. The molecule has 96 valence electrons. The third kappa shape index (κ3) is 2.81. The molecular formula is C16H21NO. The maximum atomic E-state index is 5.72. The lowest BCUT2D eigenvalue weighted by molar-refractivity contribution is 0.243. The first-order chi connectivity index (χ1) is 8.60. The Morgan fingerprint density at radius 3 is 2.61 bits per heavy atom. The van der Waals surface area contributed by atoms with Gasteiger partial charge < -0.3 is 4.74 Å². The van der Waals surface area contributed by atoms with Crippen molar-refractivity contribution in [3.05, 3.63) is 36.0 Å². The highest BCUT2D eigenvalue weighted by atomic mass is 16.5. The fraction of sp³-hybridized carbons (Fsp3) is 0.438. The molecule has 0 saturated carbocycles. The molecule has 0 spiro atoms. The normalized spacial score (nSPS) is 12.9. The Morgan fingerprint density at radius 2 is 1.94 bits per heavy atom. The molecule has 1 unspecified atom stereocenters. The van der Waals surface area contributed by atoms with Crippen molar-refractivity contribution in [1.82, 2.24) is 4.98 Å². The van der Waals surface area contributed by atoms with Gasteiger partial charge in [0.15, 0.2) is 0 Å². The van der Waals surface area contributed by atoms with Crippen LogP contribution in [-0.4, -0.2) is 11.1 Å². The fourth-order valence-electron chi connectivity index (χ4n) is 1.98. The third-order valence-corrected chi connectivity index (χ3v) is 3.23. The van der Waals surface area contributed by atoms with Gasteiger partial charge in [-0.15, -0.1) is 0 Å². The molecular weight excluding hydrogens is 222 g/mol. The van der Waals surface area contributed by atoms with E-state index in [0.29, 0.717) is 5.92 Å². The highest BCUT2D eigenvalue weighted by Gasteiger charge is 2.06. The van der Waals surface area contributed by atoms with Crippen LogP contribution in [0.3, 0.4) is 0 Å². The first-order valence-corrected chi connectivity index (χ1v) is 6.66. The van der Waals surface area contributed by atoms with Gasteiger partial charge in [-0.05, 0) is 56.0 Å². The highest BCUT2D eigenvalue weighted by Crippen LogP contribution is 2.25. The van der Waals surface area contributed by atoms with Gasteiger partial charge in [-0.25, -0.2) is 0 Å². The van der Waals surface area contributed by atoms with E-state index < -0.39 is 0 Å². The molecule has 1 atom stereocenters. The van der Waals surface area contributed by atoms with Gasteiger partial charge in [0.05, 0.1) is 11.6 Å². The molecule has 2 rings (SSSR count). The molecule has 0 aliphatic heterocycles. The van der Waals surface area contributed by atoms with Gasteiger partial charge >= 0.3 is 0 Å². The molecule has 1 aromatic heterocycles. The summed E-state index contributed by atoms with van der Waals surface area (Å²) in [6, 6.07) is 8.31. The van der Waals surface area contributed by atoms with E-state index in [4.69, 9.17) is 4.74 Å². The smallest absolute Gasteiger partial charge is 0.120 e. The van der Waals surface area contributed by atoms with Crippen molar-refractivity contribution in [2.75, 3.05) is 0 Å². The molecule has 0 aliphatic carbocycles. The van der Waals surface area contributed by atoms with Crippen molar-refractivity contribution in [2.24, 2.45) is 0 Å². The molecule has 2 nitrogen and oxygen atoms in total. The van der Waals surface area contributed by atoms with Gasteiger partial charge in [-0.3, -0.25) is 4.98 Å². The second-order valence-corrected chi connectivity index (χ2v) is 5.10. The van der Waals surface area contributed by atoms with Crippen molar-refractivity contribution in [1.29, 1.82) is 0 Å². The summed E-state index contributed by atoms with van der Waals surface area (Å²) in [5, 5.41) is 1.16. The van der Waals surface area contributed by atoms with Crippen LogP contribution in [0.2, 0.25) is 0 Å². The molecule has 0 N–H and O–H groups in total. The van der Waals surface area contributed by atoms with Gasteiger partial charge in [-0.2, -0.15) is 0 Å². The lowest BCUT2D eigenvalue weighted by Crippen LogP contribution is -2.05. The summed E-state index contributed by atoms with van der Waals surface area (Å²) in [4.78, 5) is 4.51. The largest absolute Gasteiger partial charge is 0.491 e. The number of pyridine rings is 1. The Bertz CT molecular complexity index is 534. The summed E-state index contributed by atoms with van der Waals surface area (Å²) >= 11 is 0. The third-order valence-electron chi connectivity index (χ3n) is 3.23. The lowest BCUT2D eigenvalue weighted by atomic mass is 9.99. The van der Waals surface area contributed by atoms with Gasteiger partial charge in [0.1, 0.15) is 5.75 Å². The van der Waals surface area contributed by atoms with Crippen molar-refractivity contribution in [3.63, 3.8) is 0 Å². The molecule has 2 aromatic rings. The van der Waals surface area contributed by atoms with E-state index in [-0.39, 0.29) is 6.10 Å². The Morgan fingerprint density at radius 1 is 1.17 bits per heavy atom. The molecule has 1 aromatic carbocycles. The van der Waals surface area contributed by atoms with E-state index in [0.717, 1.165) is 23.1 Å². The van der Waals surface area contributed by atoms with Crippen LogP contribution < -0.4 is 4.74 Å². The van der Waals surface area contributed by atoms with Crippen LogP contribution in [0, 0.1) is 0 Å². The number of hydrogen-bond donors (Lipinski definition) is 0. The summed E-state index contributed by atoms with van der Waals surface area (Å²) in [7, 11) is 0. The molecule has 18 heavy (non-hydrogen) atoms. The minimum Gasteiger partial charge on any atom is -0.491 e. The van der Waals surface area contributed by atoms with E-state index in [1.807, 2.05) is 32.2 Å². The molecule has 0 radical (unpaired) electrons. The van der Waals surface area contributed by atoms with Crippen LogP contribution in [0.4, 0.5) is 0 Å². The number of ether oxygens (including phenoxy) is 1. The van der Waals surface area contributed by atoms with Crippen molar-refractivity contribution >= 4 is 10.9 Å². The van der Waals surface area contributed by atoms with Crippen LogP contribution in [0.15, 0.2) is 30.5 Å². The van der Waals surface area contributed by atoms with Gasteiger partial charge in [0.2, 0.25) is 0 Å². The van der Waals surface area contributed by atoms with Crippen LogP contribution in [-0.2, 0) is 0 Å². The van der Waals surface area contributed by atoms with Crippen LogP contribution in [0.5, 0.6) is 5.75 Å². The van der Waals surface area contributed by atoms with E-state index in [2.05, 4.69) is 31.0 Å². The summed E-state index contributed by atoms with van der Waals surface area (Å²) in [6.07, 6.45) is 3.32. The molecule has 0 aliphatic rings. The maximum absolute atomic E-state index is 5.72. The zero-order valence-electron chi connectivity index (χ0n) is 11.6. The first-order valence-electron chi connectivity index (χ1n) is 6.66. The molecule has 1 heterocycles. The Hall–Kier alpha value is -1.57. The first kappa shape index (κ1) is 12.9. The summed E-state index contributed by atoms with van der Waals surface area (Å²) in [6.45, 7) is 8.51. The maximum Gasteiger partial charge on any atom is 0.120 e. The molecule has 0 bridgehead atoms. The Balaban J connectivity index is 2.40. The quantitative estimate of drug-likeness (QED) is 0.786. The minimum atomic E-state index is 0.202. The van der Waals surface area contributed by atoms with Crippen molar-refractivity contribution in [2.45, 2.75) is 46.1 Å². The number of aromatic nitrogens is 1. The highest BCUT2D eigenvalue weighted by molar-refractivity contribution is 5.80. The number of benzene rings is 1. The summed E-state index contributed by atoms with van der Waals surface area (Å²) in [5.41, 5.74) is 2.32. The van der Waals surface area contributed by atoms with Crippen LogP contribution in [0.25, 0.3) is 10.9 Å². The Labute approximate surface area is 109 Å². The SMILES string of the molecule is CCC(C)c1cnc2ccc(OC(C)C)cc2c1. The molecule has 2 heteroatoms. The number of fused-ring (bicyclic) bond motifs is 1. The second kappa shape index (κ2) is 5.38. The average Bonchev–Trinajstić information content (AvgIpc) is 2.36. The van der Waals surface area contributed by atoms with E-state index in [1.54, 1.807) is 0 Å². The molecule has 0 saturated heterocycles. The minimum absolute atomic E-state index is 0.202. The predicted molar refractivity (Wildman–Crippen MR) is 76.2 cm³/mol. The van der Waals surface area contributed by atoms with Crippen LogP contribution >= 0.6 is 0 Å². The van der Waals surface area contributed by atoms with Gasteiger partial charge in [0, 0.05) is 11.6 Å². The zero-order chi connectivity index (χ0) is 13.1. The van der Waals surface area contributed by atoms with E-state index in [9.17, 15) is 0 Å². The fourth-order valence-corrected chi connectivity index (χ4v) is 1.98. The van der Waals surface area contributed by atoms with E-state index in [1.165, 1.54) is 5.56 Å². The topological polar surface area (TPSA) is 22.1 Å². The summed E-state index contributed by atoms with van der Waals surface area (Å²) in [5.74, 6) is 1.47. The van der Waals surface area contributed by atoms with Gasteiger partial charge in [0.25, 0.3) is 0 Å². The average molecular weight is 243 g/mol. The van der Waals surface area contributed by atoms with Crippen molar-refractivity contribution < 1.29 is 4.74 Å². The van der Waals surface area contributed by atoms with Gasteiger partial charge in [-0.1, -0.05) is 13.8 Å². The Kier molecular flexibility index (Phi) is 3.85.